The molecule has 0 fully saturated rings. The van der Waals surface area contributed by atoms with Crippen LogP contribution in [-0.2, 0) is 17.9 Å². The Morgan fingerprint density at radius 3 is 2.72 bits per heavy atom. The molecule has 0 radical (unpaired) electrons. The summed E-state index contributed by atoms with van der Waals surface area (Å²) in [6.07, 6.45) is 3.28. The Labute approximate surface area is 204 Å². The van der Waals surface area contributed by atoms with Crippen LogP contribution in [0.25, 0.3) is 33.7 Å². The Morgan fingerprint density at radius 1 is 1.00 bits per heavy atom. The fourth-order valence-electron chi connectivity index (χ4n) is 4.08. The van der Waals surface area contributed by atoms with Gasteiger partial charge in [-0.3, -0.25) is 19.1 Å². The third kappa shape index (κ3) is 4.05. The molecule has 3 aromatic heterocycles. The highest BCUT2D eigenvalue weighted by Gasteiger charge is 2.18. The molecular formula is C26H19N5O5. The zero-order chi connectivity index (χ0) is 24.5. The van der Waals surface area contributed by atoms with Crippen molar-refractivity contribution in [3.63, 3.8) is 0 Å². The number of carbonyl (C=O) groups excluding carboxylic acids is 1. The van der Waals surface area contributed by atoms with Gasteiger partial charge in [0.05, 0.1) is 11.1 Å². The number of rotatable bonds is 6. The number of nitrogens with one attached hydrogen (secondary N) is 1. The molecule has 1 aliphatic rings. The van der Waals surface area contributed by atoms with Crippen molar-refractivity contribution in [3.05, 3.63) is 89.0 Å². The third-order valence-electron chi connectivity index (χ3n) is 5.84. The first-order chi connectivity index (χ1) is 17.7. The number of hydrogen-bond acceptors (Lipinski definition) is 8. The summed E-state index contributed by atoms with van der Waals surface area (Å²) in [6.45, 7) is 0.335. The second-order valence-corrected chi connectivity index (χ2v) is 8.12. The zero-order valence-corrected chi connectivity index (χ0v) is 18.9. The van der Waals surface area contributed by atoms with Crippen molar-refractivity contribution in [1.82, 2.24) is 25.0 Å². The van der Waals surface area contributed by atoms with Crippen molar-refractivity contribution in [2.75, 3.05) is 6.79 Å². The molecule has 0 saturated carbocycles. The quantitative estimate of drug-likeness (QED) is 0.393. The molecule has 4 heterocycles. The minimum atomic E-state index is -0.356. The van der Waals surface area contributed by atoms with Gasteiger partial charge in [0.1, 0.15) is 6.54 Å². The van der Waals surface area contributed by atoms with Crippen LogP contribution in [-0.4, -0.2) is 32.4 Å². The predicted molar refractivity (Wildman–Crippen MR) is 129 cm³/mol. The van der Waals surface area contributed by atoms with Gasteiger partial charge in [0.2, 0.25) is 18.5 Å². The average Bonchev–Trinajstić information content (AvgIpc) is 3.59. The molecule has 2 aromatic carbocycles. The van der Waals surface area contributed by atoms with Crippen molar-refractivity contribution in [3.8, 4) is 34.3 Å². The van der Waals surface area contributed by atoms with Gasteiger partial charge in [-0.05, 0) is 35.9 Å². The number of hydrogen-bond donors (Lipinski definition) is 1. The summed E-state index contributed by atoms with van der Waals surface area (Å²) in [5.41, 5.74) is 2.34. The SMILES string of the molecule is O=C(Cn1c(=O)cc(-c2nc(-c3ccncc3)no2)c2ccccc21)NCc1ccc2c(c1)OCO2. The topological polar surface area (TPSA) is 121 Å². The molecule has 5 aromatic rings. The molecule has 0 bridgehead atoms. The summed E-state index contributed by atoms with van der Waals surface area (Å²) in [5.74, 6) is 1.63. The highest BCUT2D eigenvalue weighted by Crippen LogP contribution is 2.32. The van der Waals surface area contributed by atoms with Gasteiger partial charge in [-0.1, -0.05) is 29.4 Å². The van der Waals surface area contributed by atoms with Crippen LogP contribution in [0.3, 0.4) is 0 Å². The maximum Gasteiger partial charge on any atom is 0.259 e. The number of carbonyl (C=O) groups is 1. The van der Waals surface area contributed by atoms with Gasteiger partial charge in [0.15, 0.2) is 11.5 Å². The molecule has 0 saturated heterocycles. The third-order valence-corrected chi connectivity index (χ3v) is 5.84. The van der Waals surface area contributed by atoms with Gasteiger partial charge in [-0.2, -0.15) is 4.98 Å². The van der Waals surface area contributed by atoms with Gasteiger partial charge in [0, 0.05) is 36.0 Å². The summed E-state index contributed by atoms with van der Waals surface area (Å²) >= 11 is 0. The van der Waals surface area contributed by atoms with E-state index in [1.165, 1.54) is 10.6 Å². The van der Waals surface area contributed by atoms with E-state index in [0.717, 1.165) is 11.1 Å². The van der Waals surface area contributed by atoms with E-state index in [0.29, 0.717) is 40.3 Å². The summed E-state index contributed by atoms with van der Waals surface area (Å²) in [5, 5.41) is 7.61. The maximum atomic E-state index is 13.1. The van der Waals surface area contributed by atoms with E-state index in [-0.39, 0.29) is 30.7 Å². The Balaban J connectivity index is 1.26. The van der Waals surface area contributed by atoms with Gasteiger partial charge in [0.25, 0.3) is 11.4 Å². The van der Waals surface area contributed by atoms with Crippen LogP contribution in [0.4, 0.5) is 0 Å². The predicted octanol–water partition coefficient (Wildman–Crippen LogP) is 3.16. The first-order valence-corrected chi connectivity index (χ1v) is 11.2. The molecule has 6 rings (SSSR count). The molecule has 0 unspecified atom stereocenters. The number of pyridine rings is 2. The van der Waals surface area contributed by atoms with Crippen molar-refractivity contribution in [1.29, 1.82) is 0 Å². The lowest BCUT2D eigenvalue weighted by molar-refractivity contribution is -0.121. The van der Waals surface area contributed by atoms with E-state index in [1.54, 1.807) is 36.7 Å². The monoisotopic (exact) mass is 481 g/mol. The Morgan fingerprint density at radius 2 is 1.83 bits per heavy atom. The molecule has 1 aliphatic heterocycles. The lowest BCUT2D eigenvalue weighted by Crippen LogP contribution is -2.32. The molecular weight excluding hydrogens is 462 g/mol. The van der Waals surface area contributed by atoms with E-state index >= 15 is 0 Å². The van der Waals surface area contributed by atoms with E-state index in [4.69, 9.17) is 14.0 Å². The average molecular weight is 481 g/mol. The van der Waals surface area contributed by atoms with Gasteiger partial charge in [-0.25, -0.2) is 0 Å². The van der Waals surface area contributed by atoms with Crippen LogP contribution in [0.1, 0.15) is 5.56 Å². The van der Waals surface area contributed by atoms with Crippen LogP contribution in [0, 0.1) is 0 Å². The number of amides is 1. The Kier molecular flexibility index (Phi) is 5.38. The first kappa shape index (κ1) is 21.5. The summed E-state index contributed by atoms with van der Waals surface area (Å²) in [4.78, 5) is 34.3. The lowest BCUT2D eigenvalue weighted by atomic mass is 10.1. The minimum absolute atomic E-state index is 0.143. The van der Waals surface area contributed by atoms with Crippen LogP contribution in [0.15, 0.2) is 82.4 Å². The number of para-hydroxylation sites is 1. The fourth-order valence-corrected chi connectivity index (χ4v) is 4.08. The van der Waals surface area contributed by atoms with E-state index < -0.39 is 0 Å². The van der Waals surface area contributed by atoms with Gasteiger partial charge < -0.3 is 19.3 Å². The number of aromatic nitrogens is 4. The van der Waals surface area contributed by atoms with E-state index in [2.05, 4.69) is 20.4 Å². The summed E-state index contributed by atoms with van der Waals surface area (Å²) in [7, 11) is 0. The summed E-state index contributed by atoms with van der Waals surface area (Å²) < 4.78 is 17.6. The van der Waals surface area contributed by atoms with E-state index in [1.807, 2.05) is 30.3 Å². The second-order valence-electron chi connectivity index (χ2n) is 8.12. The molecule has 0 atom stereocenters. The lowest BCUT2D eigenvalue weighted by Gasteiger charge is -2.12. The standard InChI is InChI=1S/C26H19N5O5/c32-23(28-13-16-5-6-21-22(11-16)35-15-34-21)14-31-20-4-2-1-3-18(20)19(12-24(31)33)26-29-25(30-36-26)17-7-9-27-10-8-17/h1-12H,13-15H2,(H,28,32). The van der Waals surface area contributed by atoms with Crippen LogP contribution in [0.5, 0.6) is 11.5 Å². The Hall–Kier alpha value is -4.99. The number of benzene rings is 2. The van der Waals surface area contributed by atoms with Gasteiger partial charge >= 0.3 is 0 Å². The van der Waals surface area contributed by atoms with Crippen molar-refractivity contribution in [2.45, 2.75) is 13.1 Å². The number of nitrogens with zero attached hydrogens (tertiary/aromatic N) is 4. The summed E-state index contributed by atoms with van der Waals surface area (Å²) in [6, 6.07) is 17.7. The molecule has 178 valence electrons. The van der Waals surface area contributed by atoms with Crippen molar-refractivity contribution >= 4 is 16.8 Å². The van der Waals surface area contributed by atoms with Crippen LogP contribution >= 0.6 is 0 Å². The molecule has 10 nitrogen and oxygen atoms in total. The largest absolute Gasteiger partial charge is 0.454 e. The van der Waals surface area contributed by atoms with Crippen LogP contribution < -0.4 is 20.3 Å². The van der Waals surface area contributed by atoms with Crippen molar-refractivity contribution in [2.24, 2.45) is 0 Å². The second kappa shape index (κ2) is 8.99. The first-order valence-electron chi connectivity index (χ1n) is 11.2. The highest BCUT2D eigenvalue weighted by atomic mass is 16.7. The van der Waals surface area contributed by atoms with E-state index in [9.17, 15) is 9.59 Å². The maximum absolute atomic E-state index is 13.1. The van der Waals surface area contributed by atoms with Gasteiger partial charge in [-0.15, -0.1) is 0 Å². The molecule has 10 heteroatoms. The molecule has 1 amide bonds. The number of fused-ring (bicyclic) bond motifs is 2. The normalized spacial score (nSPS) is 12.1. The smallest absolute Gasteiger partial charge is 0.259 e. The number of ether oxygens (including phenoxy) is 2. The molecule has 36 heavy (non-hydrogen) atoms. The molecule has 1 N–H and O–H groups in total. The van der Waals surface area contributed by atoms with Crippen molar-refractivity contribution < 1.29 is 18.8 Å². The minimum Gasteiger partial charge on any atom is -0.454 e. The van der Waals surface area contributed by atoms with Crippen LogP contribution in [0.2, 0.25) is 0 Å². The highest BCUT2D eigenvalue weighted by molar-refractivity contribution is 5.93. The molecule has 0 aliphatic carbocycles. The zero-order valence-electron chi connectivity index (χ0n) is 18.9. The molecule has 0 spiro atoms. The Bertz CT molecular complexity index is 1640. The fraction of sp³-hybridized carbons (Fsp3) is 0.115.